The Bertz CT molecular complexity index is 649. The summed E-state index contributed by atoms with van der Waals surface area (Å²) < 4.78 is 17.1. The van der Waals surface area contributed by atoms with Gasteiger partial charge >= 0.3 is 0 Å². The molecule has 0 spiro atoms. The number of methoxy groups -OCH3 is 1. The Hall–Kier alpha value is -2.53. The maximum Gasteiger partial charge on any atom is 0.246 e. The number of hydrogen-bond acceptors (Lipinski definition) is 4. The molecule has 23 heavy (non-hydrogen) atoms. The molecule has 2 atom stereocenters. The molecule has 0 aliphatic carbocycles. The molecule has 5 heteroatoms. The van der Waals surface area contributed by atoms with Crippen molar-refractivity contribution in [2.75, 3.05) is 20.3 Å². The molecule has 1 aliphatic heterocycles. The van der Waals surface area contributed by atoms with E-state index in [4.69, 9.17) is 14.2 Å². The fourth-order valence-corrected chi connectivity index (χ4v) is 2.52. The zero-order chi connectivity index (χ0) is 16.1. The molecule has 1 fully saturated rings. The predicted molar refractivity (Wildman–Crippen MR) is 85.6 cm³/mol. The van der Waals surface area contributed by atoms with Crippen LogP contribution in [0.1, 0.15) is 11.7 Å². The largest absolute Gasteiger partial charge is 0.497 e. The number of rotatable bonds is 5. The van der Waals surface area contributed by atoms with E-state index >= 15 is 0 Å². The molecule has 2 aromatic rings. The van der Waals surface area contributed by atoms with Crippen LogP contribution in [0.5, 0.6) is 11.5 Å². The van der Waals surface area contributed by atoms with Crippen molar-refractivity contribution in [3.05, 3.63) is 60.2 Å². The zero-order valence-corrected chi connectivity index (χ0v) is 12.9. The average Bonchev–Trinajstić information content (AvgIpc) is 2.61. The highest BCUT2D eigenvalue weighted by molar-refractivity contribution is 5.77. The Kier molecular flexibility index (Phi) is 4.78. The van der Waals surface area contributed by atoms with Crippen molar-refractivity contribution in [2.24, 2.45) is 0 Å². The van der Waals surface area contributed by atoms with Crippen LogP contribution in [0.15, 0.2) is 54.6 Å². The minimum atomic E-state index is -0.316. The first-order valence-corrected chi connectivity index (χ1v) is 7.50. The highest BCUT2D eigenvalue weighted by Gasteiger charge is 2.30. The van der Waals surface area contributed by atoms with Crippen LogP contribution < -0.4 is 14.8 Å². The summed E-state index contributed by atoms with van der Waals surface area (Å²) in [4.78, 5) is 11.3. The lowest BCUT2D eigenvalue weighted by Crippen LogP contribution is -2.46. The van der Waals surface area contributed by atoms with Crippen LogP contribution in [0.3, 0.4) is 0 Å². The van der Waals surface area contributed by atoms with Crippen molar-refractivity contribution in [1.29, 1.82) is 0 Å². The Morgan fingerprint density at radius 3 is 2.61 bits per heavy atom. The molecular formula is C18H19NO4. The van der Waals surface area contributed by atoms with Gasteiger partial charge in [0.05, 0.1) is 7.11 Å². The van der Waals surface area contributed by atoms with Crippen molar-refractivity contribution in [1.82, 2.24) is 5.32 Å². The van der Waals surface area contributed by atoms with Gasteiger partial charge in [-0.2, -0.15) is 0 Å². The number of benzene rings is 2. The van der Waals surface area contributed by atoms with Gasteiger partial charge in [0, 0.05) is 12.6 Å². The molecule has 1 amide bonds. The third kappa shape index (κ3) is 3.81. The van der Waals surface area contributed by atoms with Gasteiger partial charge in [-0.25, -0.2) is 0 Å². The summed E-state index contributed by atoms with van der Waals surface area (Å²) in [7, 11) is 1.62. The van der Waals surface area contributed by atoms with E-state index in [-0.39, 0.29) is 24.7 Å². The van der Waals surface area contributed by atoms with Crippen LogP contribution in [-0.2, 0) is 9.53 Å². The van der Waals surface area contributed by atoms with Crippen molar-refractivity contribution >= 4 is 5.91 Å². The third-order valence-corrected chi connectivity index (χ3v) is 3.70. The van der Waals surface area contributed by atoms with Crippen molar-refractivity contribution in [3.63, 3.8) is 0 Å². The minimum absolute atomic E-state index is 0.0511. The molecule has 0 bridgehead atoms. The fourth-order valence-electron chi connectivity index (χ4n) is 2.52. The summed E-state index contributed by atoms with van der Waals surface area (Å²) in [6, 6.07) is 17.3. The molecule has 1 heterocycles. The number of carbonyl (C=O) groups is 1. The Labute approximate surface area is 135 Å². The first kappa shape index (κ1) is 15.4. The Morgan fingerprint density at radius 1 is 1.13 bits per heavy atom. The number of morpholine rings is 1. The second-order valence-electron chi connectivity index (χ2n) is 5.28. The molecule has 2 aromatic carbocycles. The second-order valence-corrected chi connectivity index (χ2v) is 5.28. The minimum Gasteiger partial charge on any atom is -0.497 e. The topological polar surface area (TPSA) is 56.8 Å². The van der Waals surface area contributed by atoms with Gasteiger partial charge in [-0.1, -0.05) is 36.4 Å². The Morgan fingerprint density at radius 2 is 1.91 bits per heavy atom. The lowest BCUT2D eigenvalue weighted by Gasteiger charge is -2.31. The first-order chi connectivity index (χ1) is 11.3. The molecule has 0 saturated carbocycles. The summed E-state index contributed by atoms with van der Waals surface area (Å²) >= 11 is 0. The summed E-state index contributed by atoms with van der Waals surface area (Å²) in [6.45, 7) is 0.470. The summed E-state index contributed by atoms with van der Waals surface area (Å²) in [5.74, 6) is 1.32. The number of ether oxygens (including phenoxy) is 3. The Balaban J connectivity index is 1.84. The maximum absolute atomic E-state index is 11.3. The van der Waals surface area contributed by atoms with E-state index in [9.17, 15) is 4.79 Å². The quantitative estimate of drug-likeness (QED) is 0.920. The van der Waals surface area contributed by atoms with Crippen LogP contribution in [0.25, 0.3) is 0 Å². The van der Waals surface area contributed by atoms with E-state index in [2.05, 4.69) is 5.32 Å². The van der Waals surface area contributed by atoms with Crippen LogP contribution >= 0.6 is 0 Å². The van der Waals surface area contributed by atoms with Gasteiger partial charge in [-0.05, 0) is 17.7 Å². The van der Waals surface area contributed by atoms with Crippen LogP contribution in [-0.4, -0.2) is 32.3 Å². The molecule has 0 radical (unpaired) electrons. The fraction of sp³-hybridized carbons (Fsp3) is 0.278. The van der Waals surface area contributed by atoms with Gasteiger partial charge in [-0.3, -0.25) is 4.79 Å². The molecule has 5 nitrogen and oxygen atoms in total. The van der Waals surface area contributed by atoms with Gasteiger partial charge in [0.2, 0.25) is 5.91 Å². The molecule has 0 aromatic heterocycles. The number of carbonyl (C=O) groups excluding carboxylic acids is 1. The van der Waals surface area contributed by atoms with Crippen LogP contribution in [0, 0.1) is 0 Å². The summed E-state index contributed by atoms with van der Waals surface area (Å²) in [5.41, 5.74) is 0.997. The second kappa shape index (κ2) is 7.15. The SMILES string of the molecule is COc1cccc(O[C@@H](c2ccccc2)[C@@H]2CNC(=O)CO2)c1. The lowest BCUT2D eigenvalue weighted by molar-refractivity contribution is -0.137. The first-order valence-electron chi connectivity index (χ1n) is 7.50. The van der Waals surface area contributed by atoms with Crippen molar-refractivity contribution < 1.29 is 19.0 Å². The number of hydrogen-bond donors (Lipinski definition) is 1. The zero-order valence-electron chi connectivity index (χ0n) is 12.9. The molecule has 120 valence electrons. The molecular weight excluding hydrogens is 294 g/mol. The predicted octanol–water partition coefficient (Wildman–Crippen LogP) is 2.33. The van der Waals surface area contributed by atoms with Gasteiger partial charge < -0.3 is 19.5 Å². The normalized spacial score (nSPS) is 18.8. The van der Waals surface area contributed by atoms with E-state index in [0.717, 1.165) is 11.3 Å². The van der Waals surface area contributed by atoms with E-state index in [1.165, 1.54) is 0 Å². The van der Waals surface area contributed by atoms with Gasteiger partial charge in [-0.15, -0.1) is 0 Å². The van der Waals surface area contributed by atoms with E-state index in [1.807, 2.05) is 54.6 Å². The van der Waals surface area contributed by atoms with E-state index in [0.29, 0.717) is 12.3 Å². The third-order valence-electron chi connectivity index (χ3n) is 3.70. The smallest absolute Gasteiger partial charge is 0.246 e. The molecule has 1 aliphatic rings. The van der Waals surface area contributed by atoms with Gasteiger partial charge in [0.15, 0.2) is 6.10 Å². The van der Waals surface area contributed by atoms with Crippen LogP contribution in [0.2, 0.25) is 0 Å². The highest BCUT2D eigenvalue weighted by atomic mass is 16.5. The maximum atomic E-state index is 11.3. The van der Waals surface area contributed by atoms with E-state index < -0.39 is 0 Å². The number of nitrogens with one attached hydrogen (secondary N) is 1. The van der Waals surface area contributed by atoms with Crippen molar-refractivity contribution in [2.45, 2.75) is 12.2 Å². The summed E-state index contributed by atoms with van der Waals surface area (Å²) in [6.07, 6.45) is -0.565. The molecule has 3 rings (SSSR count). The van der Waals surface area contributed by atoms with Crippen LogP contribution in [0.4, 0.5) is 0 Å². The molecule has 1 saturated heterocycles. The van der Waals surface area contributed by atoms with Gasteiger partial charge in [0.1, 0.15) is 24.2 Å². The average molecular weight is 313 g/mol. The monoisotopic (exact) mass is 313 g/mol. The highest BCUT2D eigenvalue weighted by Crippen LogP contribution is 2.29. The van der Waals surface area contributed by atoms with Crippen molar-refractivity contribution in [3.8, 4) is 11.5 Å². The number of amides is 1. The standard InChI is InChI=1S/C18H19NO4/c1-21-14-8-5-9-15(10-14)23-18(13-6-3-2-4-7-13)16-11-19-17(20)12-22-16/h2-10,16,18H,11-12H2,1H3,(H,19,20)/t16-,18-/m0/s1. The van der Waals surface area contributed by atoms with Gasteiger partial charge in [0.25, 0.3) is 0 Å². The summed E-state index contributed by atoms with van der Waals surface area (Å²) in [5, 5.41) is 2.82. The molecule has 0 unspecified atom stereocenters. The molecule has 1 N–H and O–H groups in total. The van der Waals surface area contributed by atoms with E-state index in [1.54, 1.807) is 7.11 Å². The lowest BCUT2D eigenvalue weighted by atomic mass is 10.0.